The molecule has 0 saturated carbocycles. The number of unbranched alkanes of at least 4 members (excludes halogenated alkanes) is 14. The molecule has 0 aromatic heterocycles. The van der Waals surface area contributed by atoms with Gasteiger partial charge < -0.3 is 5.11 Å². The van der Waals surface area contributed by atoms with E-state index >= 15 is 0 Å². The topological polar surface area (TPSA) is 37.3 Å². The van der Waals surface area contributed by atoms with E-state index in [9.17, 15) is 4.79 Å². The largest absolute Gasteiger partial charge is 0.478 e. The fourth-order valence-corrected chi connectivity index (χ4v) is 3.28. The molecule has 0 atom stereocenters. The molecule has 0 aromatic rings. The molecule has 0 bridgehead atoms. The lowest BCUT2D eigenvalue weighted by Crippen LogP contribution is -1.84. The number of hydrogen-bond acceptors (Lipinski definition) is 1. The average molecular weight is 427 g/mol. The van der Waals surface area contributed by atoms with E-state index in [2.05, 4.69) is 25.2 Å². The maximum atomic E-state index is 10.3. The second-order valence-electron chi connectivity index (χ2n) is 8.05. The minimum Gasteiger partial charge on any atom is -0.478 e. The minimum absolute atomic E-state index is 0.934. The summed E-state index contributed by atoms with van der Waals surface area (Å²) in [6.45, 7) is 2.28. The summed E-state index contributed by atoms with van der Waals surface area (Å²) in [5, 5.41) is 8.44. The van der Waals surface area contributed by atoms with Gasteiger partial charge in [0.05, 0.1) is 0 Å². The molecular formula is C29H46O2. The Kier molecular flexibility index (Phi) is 24.2. The van der Waals surface area contributed by atoms with E-state index in [0.717, 1.165) is 6.08 Å². The number of carboxylic acid groups (broad SMARTS) is 1. The van der Waals surface area contributed by atoms with Crippen LogP contribution in [-0.4, -0.2) is 11.1 Å². The summed E-state index contributed by atoms with van der Waals surface area (Å²) in [5.74, 6) is -0.934. The molecule has 0 fully saturated rings. The van der Waals surface area contributed by atoms with Crippen molar-refractivity contribution in [3.8, 4) is 0 Å². The Morgan fingerprint density at radius 1 is 0.516 bits per heavy atom. The standard InChI is InChI=1S/C29H46O2/c1-2-3-4-5-6-7-8-9-10-11-12-13-14-15-16-17-18-19-20-21-22-23-24-25-26-27-28-29(30)31/h17-28H,2-16H2,1H3,(H,30,31). The van der Waals surface area contributed by atoms with Gasteiger partial charge in [-0.1, -0.05) is 157 Å². The van der Waals surface area contributed by atoms with Crippen molar-refractivity contribution in [3.63, 3.8) is 0 Å². The summed E-state index contributed by atoms with van der Waals surface area (Å²) in [4.78, 5) is 10.3. The van der Waals surface area contributed by atoms with E-state index in [4.69, 9.17) is 5.11 Å². The summed E-state index contributed by atoms with van der Waals surface area (Å²) in [5.41, 5.74) is 0. The highest BCUT2D eigenvalue weighted by Gasteiger charge is 1.93. The van der Waals surface area contributed by atoms with Crippen molar-refractivity contribution >= 4 is 5.97 Å². The molecule has 0 radical (unpaired) electrons. The van der Waals surface area contributed by atoms with Crippen LogP contribution in [0.3, 0.4) is 0 Å². The van der Waals surface area contributed by atoms with Crippen LogP contribution in [0.25, 0.3) is 0 Å². The molecule has 2 nitrogen and oxygen atoms in total. The van der Waals surface area contributed by atoms with Gasteiger partial charge in [-0.05, 0) is 12.8 Å². The number of allylic oxidation sites excluding steroid dienone is 11. The molecule has 0 unspecified atom stereocenters. The molecule has 0 rings (SSSR count). The predicted octanol–water partition coefficient (Wildman–Crippen LogP) is 9.28. The first-order valence-electron chi connectivity index (χ1n) is 12.5. The molecule has 2 heteroatoms. The smallest absolute Gasteiger partial charge is 0.328 e. The summed E-state index contributed by atoms with van der Waals surface area (Å²) in [6.07, 6.45) is 43.1. The van der Waals surface area contributed by atoms with Crippen LogP contribution in [0.5, 0.6) is 0 Å². The third-order valence-electron chi connectivity index (χ3n) is 5.10. The van der Waals surface area contributed by atoms with E-state index < -0.39 is 5.97 Å². The Balaban J connectivity index is 3.39. The molecule has 0 aliphatic carbocycles. The maximum absolute atomic E-state index is 10.3. The van der Waals surface area contributed by atoms with Crippen LogP contribution in [0.1, 0.15) is 103 Å². The Morgan fingerprint density at radius 2 is 0.871 bits per heavy atom. The molecule has 0 aromatic carbocycles. The van der Waals surface area contributed by atoms with E-state index in [1.807, 2.05) is 30.4 Å². The van der Waals surface area contributed by atoms with E-state index in [0.29, 0.717) is 0 Å². The van der Waals surface area contributed by atoms with Gasteiger partial charge >= 0.3 is 5.97 Å². The van der Waals surface area contributed by atoms with E-state index in [-0.39, 0.29) is 0 Å². The molecule has 0 aliphatic rings. The van der Waals surface area contributed by atoms with Gasteiger partial charge in [-0.3, -0.25) is 0 Å². The van der Waals surface area contributed by atoms with Crippen LogP contribution in [0.4, 0.5) is 0 Å². The first-order valence-corrected chi connectivity index (χ1v) is 12.5. The van der Waals surface area contributed by atoms with Crippen LogP contribution in [0.2, 0.25) is 0 Å². The third kappa shape index (κ3) is 27.9. The highest BCUT2D eigenvalue weighted by molar-refractivity contribution is 5.80. The summed E-state index contributed by atoms with van der Waals surface area (Å²) >= 11 is 0. The molecule has 1 N–H and O–H groups in total. The quantitative estimate of drug-likeness (QED) is 0.113. The molecule has 0 spiro atoms. The number of carboxylic acids is 1. The Hall–Kier alpha value is -2.09. The van der Waals surface area contributed by atoms with E-state index in [1.54, 1.807) is 12.2 Å². The number of hydrogen-bond donors (Lipinski definition) is 1. The van der Waals surface area contributed by atoms with Crippen LogP contribution < -0.4 is 0 Å². The highest BCUT2D eigenvalue weighted by Crippen LogP contribution is 2.13. The number of aliphatic carboxylic acids is 1. The van der Waals surface area contributed by atoms with Gasteiger partial charge in [-0.25, -0.2) is 4.79 Å². The molecular weight excluding hydrogens is 380 g/mol. The second kappa shape index (κ2) is 25.9. The van der Waals surface area contributed by atoms with Crippen LogP contribution >= 0.6 is 0 Å². The van der Waals surface area contributed by atoms with Gasteiger partial charge in [-0.2, -0.15) is 0 Å². The lowest BCUT2D eigenvalue weighted by molar-refractivity contribution is -0.131. The fraction of sp³-hybridized carbons (Fsp3) is 0.552. The zero-order valence-corrected chi connectivity index (χ0v) is 19.9. The maximum Gasteiger partial charge on any atom is 0.328 e. The van der Waals surface area contributed by atoms with Gasteiger partial charge in [0.25, 0.3) is 0 Å². The number of carbonyl (C=O) groups is 1. The lowest BCUT2D eigenvalue weighted by Gasteiger charge is -2.02. The Bertz CT molecular complexity index is 561. The molecule has 0 heterocycles. The van der Waals surface area contributed by atoms with Crippen molar-refractivity contribution in [2.75, 3.05) is 0 Å². The Labute approximate surface area is 192 Å². The molecule has 0 amide bonds. The third-order valence-corrected chi connectivity index (χ3v) is 5.10. The van der Waals surface area contributed by atoms with Gasteiger partial charge in [0.2, 0.25) is 0 Å². The first kappa shape index (κ1) is 28.9. The summed E-state index contributed by atoms with van der Waals surface area (Å²) < 4.78 is 0. The lowest BCUT2D eigenvalue weighted by atomic mass is 10.0. The SMILES string of the molecule is CCCCCCCCCCCCCCCCC=CC=CC=CC=CC=CC=CC(=O)O. The Morgan fingerprint density at radius 3 is 1.29 bits per heavy atom. The second-order valence-corrected chi connectivity index (χ2v) is 8.05. The van der Waals surface area contributed by atoms with Crippen LogP contribution in [0, 0.1) is 0 Å². The zero-order chi connectivity index (χ0) is 22.7. The normalized spacial score (nSPS) is 12.8. The molecule has 0 aliphatic heterocycles. The van der Waals surface area contributed by atoms with Crippen molar-refractivity contribution in [1.29, 1.82) is 0 Å². The van der Waals surface area contributed by atoms with Crippen molar-refractivity contribution < 1.29 is 9.90 Å². The van der Waals surface area contributed by atoms with Crippen LogP contribution in [-0.2, 0) is 4.79 Å². The average Bonchev–Trinajstić information content (AvgIpc) is 2.76. The van der Waals surface area contributed by atoms with Gasteiger partial charge in [0, 0.05) is 6.08 Å². The van der Waals surface area contributed by atoms with Crippen molar-refractivity contribution in [3.05, 3.63) is 72.9 Å². The van der Waals surface area contributed by atoms with E-state index in [1.165, 1.54) is 102 Å². The van der Waals surface area contributed by atoms with Crippen molar-refractivity contribution in [2.45, 2.75) is 103 Å². The van der Waals surface area contributed by atoms with Crippen molar-refractivity contribution in [2.24, 2.45) is 0 Å². The summed E-state index contributed by atoms with van der Waals surface area (Å²) in [6, 6.07) is 0. The first-order chi connectivity index (χ1) is 15.3. The zero-order valence-electron chi connectivity index (χ0n) is 19.9. The number of rotatable bonds is 21. The van der Waals surface area contributed by atoms with Gasteiger partial charge in [0.15, 0.2) is 0 Å². The van der Waals surface area contributed by atoms with Crippen molar-refractivity contribution in [1.82, 2.24) is 0 Å². The molecule has 31 heavy (non-hydrogen) atoms. The van der Waals surface area contributed by atoms with Gasteiger partial charge in [0.1, 0.15) is 0 Å². The summed E-state index contributed by atoms with van der Waals surface area (Å²) in [7, 11) is 0. The van der Waals surface area contributed by atoms with Crippen LogP contribution in [0.15, 0.2) is 72.9 Å². The highest BCUT2D eigenvalue weighted by atomic mass is 16.4. The molecule has 174 valence electrons. The molecule has 0 saturated heterocycles. The minimum atomic E-state index is -0.934. The van der Waals surface area contributed by atoms with Gasteiger partial charge in [-0.15, -0.1) is 0 Å². The predicted molar refractivity (Wildman–Crippen MR) is 137 cm³/mol. The monoisotopic (exact) mass is 426 g/mol. The fourth-order valence-electron chi connectivity index (χ4n) is 3.28.